The van der Waals surface area contributed by atoms with Gasteiger partial charge in [0.2, 0.25) is 0 Å². The predicted molar refractivity (Wildman–Crippen MR) is 93.1 cm³/mol. The van der Waals surface area contributed by atoms with Crippen molar-refractivity contribution in [1.82, 2.24) is 10.3 Å². The molecule has 0 unspecified atom stereocenters. The molecule has 0 aliphatic rings. The van der Waals surface area contributed by atoms with Crippen LogP contribution in [0.5, 0.6) is 0 Å². The fourth-order valence-electron chi connectivity index (χ4n) is 1.94. The Morgan fingerprint density at radius 3 is 2.62 bits per heavy atom. The van der Waals surface area contributed by atoms with Crippen LogP contribution in [0.15, 0.2) is 52.5 Å². The Balaban J connectivity index is 2.14. The maximum atomic E-state index is 12.4. The second kappa shape index (κ2) is 8.49. The van der Waals surface area contributed by atoms with Crippen LogP contribution in [-0.2, 0) is 9.53 Å². The van der Waals surface area contributed by atoms with Gasteiger partial charge in [-0.3, -0.25) is 4.79 Å². The first-order valence-corrected chi connectivity index (χ1v) is 8.51. The van der Waals surface area contributed by atoms with E-state index in [2.05, 4.69) is 10.3 Å². The second-order valence-corrected chi connectivity index (χ2v) is 6.28. The highest BCUT2D eigenvalue weighted by molar-refractivity contribution is 7.99. The van der Waals surface area contributed by atoms with Crippen LogP contribution in [-0.4, -0.2) is 29.5 Å². The lowest BCUT2D eigenvalue weighted by Gasteiger charge is -2.14. The van der Waals surface area contributed by atoms with Crippen molar-refractivity contribution in [2.75, 3.05) is 6.54 Å². The number of pyridine rings is 1. The van der Waals surface area contributed by atoms with Gasteiger partial charge in [0.05, 0.1) is 5.56 Å². The number of likely N-dealkylation sites (N-methyl/N-ethyl adjacent to an activating group) is 1. The lowest BCUT2D eigenvalue weighted by molar-refractivity contribution is -0.128. The van der Waals surface area contributed by atoms with Gasteiger partial charge in [0.1, 0.15) is 5.03 Å². The summed E-state index contributed by atoms with van der Waals surface area (Å²) in [6.07, 6.45) is 0.774. The standard InChI is InChI=1S/C18H20N2O3S/c1-4-19-16(21)13(3)23-18(22)15-6-5-11-20-17(15)24-14-9-7-12(2)8-10-14/h5-11,13H,4H2,1-3H3,(H,19,21)/t13-/m0/s1. The van der Waals surface area contributed by atoms with Crippen molar-refractivity contribution in [2.24, 2.45) is 0 Å². The molecule has 0 aliphatic carbocycles. The quantitative estimate of drug-likeness (QED) is 0.815. The third-order valence-corrected chi connectivity index (χ3v) is 4.26. The van der Waals surface area contributed by atoms with Crippen molar-refractivity contribution >= 4 is 23.6 Å². The summed E-state index contributed by atoms with van der Waals surface area (Å²) in [5.74, 6) is -0.876. The van der Waals surface area contributed by atoms with Crippen molar-refractivity contribution < 1.29 is 14.3 Å². The van der Waals surface area contributed by atoms with E-state index >= 15 is 0 Å². The number of rotatable bonds is 6. The highest BCUT2D eigenvalue weighted by atomic mass is 32.2. The predicted octanol–water partition coefficient (Wildman–Crippen LogP) is 3.22. The van der Waals surface area contributed by atoms with Gasteiger partial charge in [0.15, 0.2) is 6.10 Å². The molecule has 126 valence electrons. The molecule has 6 heteroatoms. The number of aryl methyl sites for hydroxylation is 1. The minimum absolute atomic E-state index is 0.317. The minimum Gasteiger partial charge on any atom is -0.449 e. The van der Waals surface area contributed by atoms with Crippen LogP contribution in [0, 0.1) is 6.92 Å². The van der Waals surface area contributed by atoms with Gasteiger partial charge >= 0.3 is 5.97 Å². The number of carbonyl (C=O) groups excluding carboxylic acids is 2. The second-order valence-electron chi connectivity index (χ2n) is 5.21. The number of esters is 1. The first-order valence-electron chi connectivity index (χ1n) is 7.69. The van der Waals surface area contributed by atoms with Gasteiger partial charge in [0, 0.05) is 17.6 Å². The van der Waals surface area contributed by atoms with E-state index in [-0.39, 0.29) is 5.91 Å². The first-order chi connectivity index (χ1) is 11.5. The summed E-state index contributed by atoms with van der Waals surface area (Å²) >= 11 is 1.38. The summed E-state index contributed by atoms with van der Waals surface area (Å²) < 4.78 is 5.24. The van der Waals surface area contributed by atoms with Crippen molar-refractivity contribution in [2.45, 2.75) is 36.8 Å². The van der Waals surface area contributed by atoms with Gasteiger partial charge in [-0.2, -0.15) is 0 Å². The number of benzene rings is 1. The fraction of sp³-hybridized carbons (Fsp3) is 0.278. The average molecular weight is 344 g/mol. The Kier molecular flexibility index (Phi) is 6.37. The summed E-state index contributed by atoms with van der Waals surface area (Å²) in [5, 5.41) is 3.18. The molecule has 24 heavy (non-hydrogen) atoms. The van der Waals surface area contributed by atoms with Gasteiger partial charge in [0.25, 0.3) is 5.91 Å². The van der Waals surface area contributed by atoms with E-state index in [4.69, 9.17) is 4.74 Å². The van der Waals surface area contributed by atoms with E-state index in [0.29, 0.717) is 17.1 Å². The van der Waals surface area contributed by atoms with Crippen LogP contribution >= 0.6 is 11.8 Å². The zero-order valence-electron chi connectivity index (χ0n) is 13.9. The number of hydrogen-bond donors (Lipinski definition) is 1. The SMILES string of the molecule is CCNC(=O)[C@H](C)OC(=O)c1cccnc1Sc1ccc(C)cc1. The molecule has 0 fully saturated rings. The topological polar surface area (TPSA) is 68.3 Å². The number of amides is 1. The lowest BCUT2D eigenvalue weighted by atomic mass is 10.2. The molecule has 0 aliphatic heterocycles. The summed E-state index contributed by atoms with van der Waals surface area (Å²) in [6, 6.07) is 11.3. The molecular weight excluding hydrogens is 324 g/mol. The van der Waals surface area contributed by atoms with Crippen LogP contribution in [0.25, 0.3) is 0 Å². The molecule has 0 saturated heterocycles. The zero-order chi connectivity index (χ0) is 17.5. The Labute approximate surface area is 145 Å². The molecule has 1 atom stereocenters. The van der Waals surface area contributed by atoms with E-state index in [9.17, 15) is 9.59 Å². The lowest BCUT2D eigenvalue weighted by Crippen LogP contribution is -2.35. The molecule has 1 amide bonds. The number of carbonyl (C=O) groups is 2. The Morgan fingerprint density at radius 2 is 1.96 bits per heavy atom. The fourth-order valence-corrected chi connectivity index (χ4v) is 2.81. The molecule has 0 bridgehead atoms. The summed E-state index contributed by atoms with van der Waals surface area (Å²) in [6.45, 7) is 5.86. The van der Waals surface area contributed by atoms with Gasteiger partial charge in [-0.15, -0.1) is 0 Å². The van der Waals surface area contributed by atoms with Crippen molar-refractivity contribution in [3.05, 3.63) is 53.7 Å². The molecular formula is C18H20N2O3S. The van der Waals surface area contributed by atoms with Crippen LogP contribution < -0.4 is 5.32 Å². The highest BCUT2D eigenvalue weighted by Crippen LogP contribution is 2.29. The first kappa shape index (κ1) is 18.0. The number of nitrogens with zero attached hydrogens (tertiary/aromatic N) is 1. The van der Waals surface area contributed by atoms with Gasteiger partial charge in [-0.05, 0) is 45.0 Å². The van der Waals surface area contributed by atoms with Crippen molar-refractivity contribution in [1.29, 1.82) is 0 Å². The normalized spacial score (nSPS) is 11.6. The van der Waals surface area contributed by atoms with Crippen molar-refractivity contribution in [3.63, 3.8) is 0 Å². The molecule has 2 aromatic rings. The van der Waals surface area contributed by atoms with Crippen molar-refractivity contribution in [3.8, 4) is 0 Å². The van der Waals surface area contributed by atoms with E-state index in [1.807, 2.05) is 38.1 Å². The summed E-state index contributed by atoms with van der Waals surface area (Å²) in [7, 11) is 0. The maximum absolute atomic E-state index is 12.4. The van der Waals surface area contributed by atoms with Gasteiger partial charge in [-0.1, -0.05) is 29.5 Å². The van der Waals surface area contributed by atoms with Crippen LogP contribution in [0.2, 0.25) is 0 Å². The molecule has 1 N–H and O–H groups in total. The van der Waals surface area contributed by atoms with Gasteiger partial charge < -0.3 is 10.1 Å². The molecule has 1 heterocycles. The highest BCUT2D eigenvalue weighted by Gasteiger charge is 2.21. The van der Waals surface area contributed by atoms with Gasteiger partial charge in [-0.25, -0.2) is 9.78 Å². The number of nitrogens with one attached hydrogen (secondary N) is 1. The Morgan fingerprint density at radius 1 is 1.25 bits per heavy atom. The largest absolute Gasteiger partial charge is 0.449 e. The zero-order valence-corrected chi connectivity index (χ0v) is 14.7. The van der Waals surface area contributed by atoms with Crippen LogP contribution in [0.4, 0.5) is 0 Å². The Bertz CT molecular complexity index is 716. The van der Waals surface area contributed by atoms with Crippen LogP contribution in [0.3, 0.4) is 0 Å². The molecule has 1 aromatic heterocycles. The van der Waals surface area contributed by atoms with E-state index in [0.717, 1.165) is 10.5 Å². The average Bonchev–Trinajstić information content (AvgIpc) is 2.57. The maximum Gasteiger partial charge on any atom is 0.341 e. The monoisotopic (exact) mass is 344 g/mol. The number of ether oxygens (including phenoxy) is 1. The molecule has 1 aromatic carbocycles. The smallest absolute Gasteiger partial charge is 0.341 e. The molecule has 0 spiro atoms. The van der Waals surface area contributed by atoms with E-state index in [1.54, 1.807) is 25.3 Å². The Hall–Kier alpha value is -2.34. The minimum atomic E-state index is -0.852. The van der Waals surface area contributed by atoms with E-state index < -0.39 is 12.1 Å². The third kappa shape index (κ3) is 4.83. The van der Waals surface area contributed by atoms with E-state index in [1.165, 1.54) is 11.8 Å². The molecule has 0 saturated carbocycles. The number of hydrogen-bond acceptors (Lipinski definition) is 5. The summed E-state index contributed by atoms with van der Waals surface area (Å²) in [5.41, 5.74) is 1.51. The summed E-state index contributed by atoms with van der Waals surface area (Å²) in [4.78, 5) is 29.3. The number of aromatic nitrogens is 1. The molecule has 5 nitrogen and oxygen atoms in total. The van der Waals surface area contributed by atoms with Crippen LogP contribution in [0.1, 0.15) is 29.8 Å². The molecule has 0 radical (unpaired) electrons. The molecule has 2 rings (SSSR count). The third-order valence-electron chi connectivity index (χ3n) is 3.23.